The minimum Gasteiger partial charge on any atom is -0.458 e. The van der Waals surface area contributed by atoms with E-state index in [9.17, 15) is 9.59 Å². The number of carbonyl (C=O) groups is 2. The molecule has 5 unspecified atom stereocenters. The van der Waals surface area contributed by atoms with Crippen molar-refractivity contribution in [3.8, 4) is 0 Å². The number of rotatable bonds is 0. The van der Waals surface area contributed by atoms with E-state index in [1.54, 1.807) is 0 Å². The quantitative estimate of drug-likeness (QED) is 0.377. The van der Waals surface area contributed by atoms with E-state index < -0.39 is 0 Å². The van der Waals surface area contributed by atoms with E-state index in [1.165, 1.54) is 0 Å². The van der Waals surface area contributed by atoms with Crippen molar-refractivity contribution in [3.05, 3.63) is 23.3 Å². The van der Waals surface area contributed by atoms with Crippen LogP contribution in [0.2, 0.25) is 0 Å². The molecule has 0 spiro atoms. The monoisotopic (exact) mass is 260 g/mol. The van der Waals surface area contributed by atoms with E-state index in [0.717, 1.165) is 17.6 Å². The van der Waals surface area contributed by atoms with Crippen molar-refractivity contribution in [2.24, 2.45) is 11.3 Å². The van der Waals surface area contributed by atoms with Crippen LogP contribution in [0.25, 0.3) is 0 Å². The first-order valence-electron chi connectivity index (χ1n) is 6.73. The zero-order chi connectivity index (χ0) is 13.5. The molecule has 100 valence electrons. The lowest BCUT2D eigenvalue weighted by molar-refractivity contribution is -0.140. The Hall–Kier alpha value is -1.42. The smallest absolute Gasteiger partial charge is 0.334 e. The Morgan fingerprint density at radius 2 is 2.11 bits per heavy atom. The van der Waals surface area contributed by atoms with Gasteiger partial charge >= 0.3 is 5.97 Å². The number of hydrogen-bond acceptors (Lipinski definition) is 4. The van der Waals surface area contributed by atoms with Crippen LogP contribution in [0.5, 0.6) is 0 Å². The van der Waals surface area contributed by atoms with E-state index in [1.807, 2.05) is 6.92 Å². The first kappa shape index (κ1) is 11.4. The molecule has 0 aromatic rings. The van der Waals surface area contributed by atoms with Gasteiger partial charge in [-0.15, -0.1) is 0 Å². The van der Waals surface area contributed by atoms with E-state index in [4.69, 9.17) is 9.47 Å². The van der Waals surface area contributed by atoms with E-state index in [2.05, 4.69) is 13.5 Å². The Balaban J connectivity index is 1.80. The summed E-state index contributed by atoms with van der Waals surface area (Å²) in [5.41, 5.74) is 2.37. The first-order valence-corrected chi connectivity index (χ1v) is 6.73. The fourth-order valence-electron chi connectivity index (χ4n) is 4.13. The largest absolute Gasteiger partial charge is 0.458 e. The summed E-state index contributed by atoms with van der Waals surface area (Å²) in [5, 5.41) is 0. The van der Waals surface area contributed by atoms with Gasteiger partial charge in [0.15, 0.2) is 5.78 Å². The molecule has 0 amide bonds. The fraction of sp³-hybridized carbons (Fsp3) is 0.600. The third kappa shape index (κ3) is 1.23. The summed E-state index contributed by atoms with van der Waals surface area (Å²) in [6.45, 7) is 7.86. The third-order valence-electron chi connectivity index (χ3n) is 5.36. The average Bonchev–Trinajstić information content (AvgIpc) is 3.12. The number of esters is 1. The maximum absolute atomic E-state index is 12.1. The number of ketones is 1. The van der Waals surface area contributed by atoms with Crippen LogP contribution >= 0.6 is 0 Å². The van der Waals surface area contributed by atoms with Gasteiger partial charge in [-0.25, -0.2) is 4.79 Å². The fourth-order valence-corrected chi connectivity index (χ4v) is 4.13. The number of carbonyl (C=O) groups excluding carboxylic acids is 2. The van der Waals surface area contributed by atoms with Crippen LogP contribution in [-0.2, 0) is 19.1 Å². The first-order chi connectivity index (χ1) is 8.93. The predicted octanol–water partition coefficient (Wildman–Crippen LogP) is 1.55. The van der Waals surface area contributed by atoms with Crippen molar-refractivity contribution < 1.29 is 19.1 Å². The molecule has 2 aliphatic heterocycles. The normalized spacial score (nSPS) is 47.6. The molecule has 0 aromatic carbocycles. The van der Waals surface area contributed by atoms with E-state index in [0.29, 0.717) is 12.0 Å². The van der Waals surface area contributed by atoms with Gasteiger partial charge in [0.05, 0.1) is 0 Å². The third-order valence-corrected chi connectivity index (χ3v) is 5.36. The summed E-state index contributed by atoms with van der Waals surface area (Å²) in [4.78, 5) is 23.8. The summed E-state index contributed by atoms with van der Waals surface area (Å²) < 4.78 is 11.0. The molecule has 4 heteroatoms. The molecule has 5 atom stereocenters. The van der Waals surface area contributed by atoms with Gasteiger partial charge in [-0.2, -0.15) is 0 Å². The van der Waals surface area contributed by atoms with Gasteiger partial charge < -0.3 is 9.47 Å². The van der Waals surface area contributed by atoms with Crippen LogP contribution in [0.4, 0.5) is 0 Å². The number of ether oxygens (including phenoxy) is 2. The van der Waals surface area contributed by atoms with Crippen molar-refractivity contribution in [1.29, 1.82) is 0 Å². The molecule has 0 N–H and O–H groups in total. The zero-order valence-electron chi connectivity index (χ0n) is 11.1. The lowest BCUT2D eigenvalue weighted by Gasteiger charge is -2.42. The lowest BCUT2D eigenvalue weighted by Crippen LogP contribution is -2.44. The number of hydrogen-bond donors (Lipinski definition) is 0. The SMILES string of the molecule is C=C1C(=O)OC2CC3(C)C(=C(C)C(=O)C4OC43)CC12. The molecule has 1 saturated carbocycles. The van der Waals surface area contributed by atoms with Crippen molar-refractivity contribution >= 4 is 11.8 Å². The number of fused-ring (bicyclic) bond motifs is 4. The van der Waals surface area contributed by atoms with Crippen LogP contribution in [0.3, 0.4) is 0 Å². The summed E-state index contributed by atoms with van der Waals surface area (Å²) in [7, 11) is 0. The zero-order valence-corrected chi connectivity index (χ0v) is 11.1. The van der Waals surface area contributed by atoms with Crippen LogP contribution < -0.4 is 0 Å². The molecular weight excluding hydrogens is 244 g/mol. The maximum atomic E-state index is 12.1. The summed E-state index contributed by atoms with van der Waals surface area (Å²) >= 11 is 0. The molecule has 0 aromatic heterocycles. The number of Topliss-reactive ketones (excluding diaryl/α,β-unsaturated/α-hetero) is 1. The van der Waals surface area contributed by atoms with E-state index >= 15 is 0 Å². The summed E-state index contributed by atoms with van der Waals surface area (Å²) in [6.07, 6.45) is 1.07. The standard InChI is InChI=1S/C15H16O4/c1-6-8-4-9-7(2)11(16)12-13(19-12)15(9,3)5-10(8)18-14(6)17/h8,10,12-13H,1,4-5H2,2-3H3. The van der Waals surface area contributed by atoms with Crippen molar-refractivity contribution in [2.45, 2.75) is 45.0 Å². The van der Waals surface area contributed by atoms with E-state index in [-0.39, 0.29) is 41.4 Å². The molecule has 4 rings (SSSR count). The second kappa shape index (κ2) is 3.18. The van der Waals surface area contributed by atoms with Gasteiger partial charge in [0.1, 0.15) is 18.3 Å². The molecular formula is C15H16O4. The molecule has 4 nitrogen and oxygen atoms in total. The molecule has 2 aliphatic carbocycles. The summed E-state index contributed by atoms with van der Waals surface area (Å²) in [5.74, 6) is -0.129. The summed E-state index contributed by atoms with van der Waals surface area (Å²) in [6, 6.07) is 0. The van der Waals surface area contributed by atoms with Gasteiger partial charge in [0.25, 0.3) is 0 Å². The molecule has 0 bridgehead atoms. The predicted molar refractivity (Wildman–Crippen MR) is 66.2 cm³/mol. The molecule has 4 aliphatic rings. The molecule has 19 heavy (non-hydrogen) atoms. The average molecular weight is 260 g/mol. The Labute approximate surface area is 111 Å². The van der Waals surface area contributed by atoms with Crippen molar-refractivity contribution in [3.63, 3.8) is 0 Å². The highest BCUT2D eigenvalue weighted by molar-refractivity contribution is 6.03. The van der Waals surface area contributed by atoms with Gasteiger partial charge in [-0.1, -0.05) is 19.1 Å². The van der Waals surface area contributed by atoms with Crippen LogP contribution in [0.1, 0.15) is 26.7 Å². The Morgan fingerprint density at radius 1 is 1.37 bits per heavy atom. The molecule has 0 radical (unpaired) electrons. The topological polar surface area (TPSA) is 55.9 Å². The highest BCUT2D eigenvalue weighted by Crippen LogP contribution is 2.59. The van der Waals surface area contributed by atoms with Crippen LogP contribution in [0, 0.1) is 11.3 Å². The van der Waals surface area contributed by atoms with Gasteiger partial charge in [0, 0.05) is 16.9 Å². The molecule has 2 heterocycles. The maximum Gasteiger partial charge on any atom is 0.334 e. The van der Waals surface area contributed by atoms with Gasteiger partial charge in [-0.3, -0.25) is 4.79 Å². The molecule has 2 saturated heterocycles. The second-order valence-electron chi connectivity index (χ2n) is 6.35. The highest BCUT2D eigenvalue weighted by Gasteiger charge is 2.64. The minimum absolute atomic E-state index is 0.0211. The van der Waals surface area contributed by atoms with Crippen LogP contribution in [0.15, 0.2) is 23.3 Å². The Bertz CT molecular complexity index is 573. The van der Waals surface area contributed by atoms with Gasteiger partial charge in [0.2, 0.25) is 0 Å². The second-order valence-corrected chi connectivity index (χ2v) is 6.35. The van der Waals surface area contributed by atoms with Gasteiger partial charge in [-0.05, 0) is 25.3 Å². The molecule has 3 fully saturated rings. The number of epoxide rings is 1. The van der Waals surface area contributed by atoms with Crippen LogP contribution in [-0.4, -0.2) is 30.1 Å². The Kier molecular flexibility index (Phi) is 1.91. The van der Waals surface area contributed by atoms with Crippen molar-refractivity contribution in [2.75, 3.05) is 0 Å². The lowest BCUT2D eigenvalue weighted by atomic mass is 9.60. The minimum atomic E-state index is -0.282. The highest BCUT2D eigenvalue weighted by atomic mass is 16.6. The Morgan fingerprint density at radius 3 is 2.84 bits per heavy atom. The van der Waals surface area contributed by atoms with Crippen molar-refractivity contribution in [1.82, 2.24) is 0 Å².